The van der Waals surface area contributed by atoms with E-state index in [1.807, 2.05) is 14.0 Å². The lowest BCUT2D eigenvalue weighted by molar-refractivity contribution is -0.140. The van der Waals surface area contributed by atoms with Crippen molar-refractivity contribution in [3.05, 3.63) is 18.0 Å². The molecule has 0 bridgehead atoms. The van der Waals surface area contributed by atoms with Crippen LogP contribution in [0.4, 0.5) is 0 Å². The number of hydrogen-bond donors (Lipinski definition) is 2. The Bertz CT molecular complexity index is 389. The molecule has 17 heavy (non-hydrogen) atoms. The number of amides is 1. The molecule has 2 rings (SSSR count). The summed E-state index contributed by atoms with van der Waals surface area (Å²) in [4.78, 5) is 14.2. The van der Waals surface area contributed by atoms with Crippen LogP contribution in [0.2, 0.25) is 0 Å². The number of nitrogens with zero attached hydrogens (tertiary/aromatic N) is 2. The van der Waals surface area contributed by atoms with Crippen LogP contribution < -0.4 is 5.73 Å². The van der Waals surface area contributed by atoms with E-state index in [4.69, 9.17) is 5.73 Å². The average molecular weight is 236 g/mol. The molecular weight excluding hydrogens is 216 g/mol. The lowest BCUT2D eigenvalue weighted by atomic mass is 9.83. The second-order valence-electron chi connectivity index (χ2n) is 5.18. The molecule has 1 aromatic heterocycles. The van der Waals surface area contributed by atoms with Crippen LogP contribution in [0.3, 0.4) is 0 Å². The van der Waals surface area contributed by atoms with Crippen molar-refractivity contribution in [1.29, 1.82) is 0 Å². The Balaban J connectivity index is 2.04. The highest BCUT2D eigenvalue weighted by molar-refractivity contribution is 5.83. The summed E-state index contributed by atoms with van der Waals surface area (Å²) in [6.45, 7) is 2.57. The van der Waals surface area contributed by atoms with E-state index in [1.54, 1.807) is 17.3 Å². The van der Waals surface area contributed by atoms with E-state index in [2.05, 4.69) is 10.2 Å². The summed E-state index contributed by atoms with van der Waals surface area (Å²) < 4.78 is 0. The van der Waals surface area contributed by atoms with Crippen LogP contribution >= 0.6 is 0 Å². The van der Waals surface area contributed by atoms with Crippen molar-refractivity contribution in [2.45, 2.75) is 38.8 Å². The zero-order valence-electron chi connectivity index (χ0n) is 10.4. The van der Waals surface area contributed by atoms with Gasteiger partial charge in [0.25, 0.3) is 0 Å². The van der Waals surface area contributed by atoms with Crippen LogP contribution in [0.25, 0.3) is 0 Å². The molecule has 1 aromatic rings. The predicted molar refractivity (Wildman–Crippen MR) is 65.0 cm³/mol. The number of rotatable bonds is 3. The minimum atomic E-state index is -0.390. The first-order valence-corrected chi connectivity index (χ1v) is 6.03. The first kappa shape index (κ1) is 12.1. The zero-order valence-corrected chi connectivity index (χ0v) is 10.4. The molecule has 94 valence electrons. The Kier molecular flexibility index (Phi) is 3.19. The van der Waals surface area contributed by atoms with E-state index in [1.165, 1.54) is 0 Å². The van der Waals surface area contributed by atoms with E-state index in [9.17, 15) is 4.79 Å². The molecule has 1 amide bonds. The van der Waals surface area contributed by atoms with Gasteiger partial charge in [-0.15, -0.1) is 0 Å². The third-order valence-corrected chi connectivity index (χ3v) is 3.84. The smallest absolute Gasteiger partial charge is 0.230 e. The van der Waals surface area contributed by atoms with Gasteiger partial charge in [-0.05, 0) is 19.8 Å². The van der Waals surface area contributed by atoms with Gasteiger partial charge in [0, 0.05) is 31.4 Å². The van der Waals surface area contributed by atoms with Crippen LogP contribution in [-0.2, 0) is 11.3 Å². The van der Waals surface area contributed by atoms with Gasteiger partial charge in [0.1, 0.15) is 0 Å². The Morgan fingerprint density at radius 2 is 2.53 bits per heavy atom. The number of nitrogens with two attached hydrogens (primary N) is 1. The number of aromatic amines is 1. The molecule has 0 spiro atoms. The highest BCUT2D eigenvalue weighted by Gasteiger charge is 2.44. The van der Waals surface area contributed by atoms with Crippen molar-refractivity contribution in [2.75, 3.05) is 7.05 Å². The fourth-order valence-electron chi connectivity index (χ4n) is 2.60. The second-order valence-corrected chi connectivity index (χ2v) is 5.18. The monoisotopic (exact) mass is 236 g/mol. The summed E-state index contributed by atoms with van der Waals surface area (Å²) in [6.07, 6.45) is 6.43. The van der Waals surface area contributed by atoms with E-state index < -0.39 is 5.41 Å². The van der Waals surface area contributed by atoms with Crippen LogP contribution in [0.15, 0.2) is 12.4 Å². The Hall–Kier alpha value is -1.36. The Morgan fingerprint density at radius 3 is 3.06 bits per heavy atom. The molecule has 3 N–H and O–H groups in total. The molecule has 1 heterocycles. The molecule has 5 heteroatoms. The quantitative estimate of drug-likeness (QED) is 0.818. The van der Waals surface area contributed by atoms with E-state index >= 15 is 0 Å². The van der Waals surface area contributed by atoms with Gasteiger partial charge in [0.15, 0.2) is 0 Å². The SMILES string of the molecule is CN(Cc1cn[nH]c1)C(=O)C1(C)CCCC1N. The zero-order chi connectivity index (χ0) is 12.5. The van der Waals surface area contributed by atoms with Crippen LogP contribution in [0.5, 0.6) is 0 Å². The molecule has 5 nitrogen and oxygen atoms in total. The summed E-state index contributed by atoms with van der Waals surface area (Å²) in [5.41, 5.74) is 6.68. The van der Waals surface area contributed by atoms with Gasteiger partial charge in [-0.1, -0.05) is 6.42 Å². The Labute approximate surface area is 101 Å². The van der Waals surface area contributed by atoms with Crippen molar-refractivity contribution in [3.8, 4) is 0 Å². The van der Waals surface area contributed by atoms with Gasteiger partial charge in [0.05, 0.1) is 11.6 Å². The molecule has 0 saturated heterocycles. The summed E-state index contributed by atoms with van der Waals surface area (Å²) in [6, 6.07) is -0.0122. The number of carbonyl (C=O) groups excluding carboxylic acids is 1. The molecule has 0 aromatic carbocycles. The maximum Gasteiger partial charge on any atom is 0.230 e. The second kappa shape index (κ2) is 4.49. The van der Waals surface area contributed by atoms with Crippen molar-refractivity contribution in [2.24, 2.45) is 11.1 Å². The highest BCUT2D eigenvalue weighted by atomic mass is 16.2. The van der Waals surface area contributed by atoms with Gasteiger partial charge in [0.2, 0.25) is 5.91 Å². The number of H-pyrrole nitrogens is 1. The molecule has 1 saturated carbocycles. The van der Waals surface area contributed by atoms with E-state index in [0.717, 1.165) is 24.8 Å². The van der Waals surface area contributed by atoms with Gasteiger partial charge in [-0.25, -0.2) is 0 Å². The maximum absolute atomic E-state index is 12.4. The summed E-state index contributed by atoms with van der Waals surface area (Å²) in [7, 11) is 1.83. The molecule has 0 radical (unpaired) electrons. The summed E-state index contributed by atoms with van der Waals surface area (Å²) in [5.74, 6) is 0.142. The molecule has 1 fully saturated rings. The largest absolute Gasteiger partial charge is 0.341 e. The number of aromatic nitrogens is 2. The first-order valence-electron chi connectivity index (χ1n) is 6.03. The fraction of sp³-hybridized carbons (Fsp3) is 0.667. The van der Waals surface area contributed by atoms with E-state index in [0.29, 0.717) is 6.54 Å². The van der Waals surface area contributed by atoms with Gasteiger partial charge in [-0.3, -0.25) is 9.89 Å². The lowest BCUT2D eigenvalue weighted by Gasteiger charge is -2.32. The topological polar surface area (TPSA) is 75.0 Å². The number of nitrogens with one attached hydrogen (secondary N) is 1. The average Bonchev–Trinajstić information content (AvgIpc) is 2.90. The molecule has 1 aliphatic rings. The van der Waals surface area contributed by atoms with Gasteiger partial charge >= 0.3 is 0 Å². The minimum absolute atomic E-state index is 0.0122. The van der Waals surface area contributed by atoms with Crippen LogP contribution in [-0.4, -0.2) is 34.1 Å². The minimum Gasteiger partial charge on any atom is -0.341 e. The van der Waals surface area contributed by atoms with Crippen molar-refractivity contribution >= 4 is 5.91 Å². The summed E-state index contributed by atoms with van der Waals surface area (Å²) >= 11 is 0. The van der Waals surface area contributed by atoms with Crippen molar-refractivity contribution in [1.82, 2.24) is 15.1 Å². The fourth-order valence-corrected chi connectivity index (χ4v) is 2.60. The van der Waals surface area contributed by atoms with Crippen molar-refractivity contribution in [3.63, 3.8) is 0 Å². The third kappa shape index (κ3) is 2.20. The lowest BCUT2D eigenvalue weighted by Crippen LogP contribution is -2.47. The number of carbonyl (C=O) groups is 1. The van der Waals surface area contributed by atoms with Gasteiger partial charge in [-0.2, -0.15) is 5.10 Å². The molecule has 0 aliphatic heterocycles. The van der Waals surface area contributed by atoms with Crippen LogP contribution in [0, 0.1) is 5.41 Å². The third-order valence-electron chi connectivity index (χ3n) is 3.84. The molecule has 2 unspecified atom stereocenters. The first-order chi connectivity index (χ1) is 8.04. The molecule has 2 atom stereocenters. The summed E-state index contributed by atoms with van der Waals surface area (Å²) in [5, 5.41) is 6.63. The van der Waals surface area contributed by atoms with Crippen molar-refractivity contribution < 1.29 is 4.79 Å². The standard InChI is InChI=1S/C12H20N4O/c1-12(5-3-4-10(12)13)11(17)16(2)8-9-6-14-15-7-9/h6-7,10H,3-5,8,13H2,1-2H3,(H,14,15). The van der Waals surface area contributed by atoms with Gasteiger partial charge < -0.3 is 10.6 Å². The Morgan fingerprint density at radius 1 is 1.76 bits per heavy atom. The van der Waals surface area contributed by atoms with Crippen LogP contribution in [0.1, 0.15) is 31.7 Å². The van der Waals surface area contributed by atoms with E-state index in [-0.39, 0.29) is 11.9 Å². The number of hydrogen-bond acceptors (Lipinski definition) is 3. The normalized spacial score (nSPS) is 28.3. The maximum atomic E-state index is 12.4. The molecular formula is C12H20N4O. The highest BCUT2D eigenvalue weighted by Crippen LogP contribution is 2.38. The molecule has 1 aliphatic carbocycles. The predicted octanol–water partition coefficient (Wildman–Crippen LogP) is 0.886.